The van der Waals surface area contributed by atoms with E-state index in [4.69, 9.17) is 11.6 Å². The second kappa shape index (κ2) is 3.26. The number of aromatic nitrogens is 1. The lowest BCUT2D eigenvalue weighted by Crippen LogP contribution is -2.35. The van der Waals surface area contributed by atoms with E-state index >= 15 is 0 Å². The molecule has 1 aromatic heterocycles. The molecule has 2 heterocycles. The van der Waals surface area contributed by atoms with Gasteiger partial charge in [-0.3, -0.25) is 0 Å². The van der Waals surface area contributed by atoms with Gasteiger partial charge in [-0.25, -0.2) is 0 Å². The van der Waals surface area contributed by atoms with Crippen molar-refractivity contribution in [3.8, 4) is 0 Å². The van der Waals surface area contributed by atoms with Gasteiger partial charge in [-0.2, -0.15) is 0 Å². The molecule has 0 bridgehead atoms. The van der Waals surface area contributed by atoms with Crippen molar-refractivity contribution in [2.75, 3.05) is 7.05 Å². The number of nitrogens with zero attached hydrogens (tertiary/aromatic N) is 1. The van der Waals surface area contributed by atoms with Crippen LogP contribution < -0.4 is 5.32 Å². The van der Waals surface area contributed by atoms with E-state index < -0.39 is 0 Å². The number of hydrogen-bond donors (Lipinski definition) is 1. The van der Waals surface area contributed by atoms with E-state index in [1.165, 1.54) is 16.5 Å². The molecule has 0 aliphatic carbocycles. The number of nitrogens with one attached hydrogen (secondary N) is 1. The normalized spacial score (nSPS) is 19.7. The Labute approximate surface area is 93.8 Å². The third-order valence-corrected chi connectivity index (χ3v) is 3.61. The van der Waals surface area contributed by atoms with Crippen molar-refractivity contribution in [3.05, 3.63) is 35.0 Å². The Kier molecular flexibility index (Phi) is 2.01. The van der Waals surface area contributed by atoms with E-state index in [0.717, 1.165) is 18.0 Å². The van der Waals surface area contributed by atoms with Crippen molar-refractivity contribution in [2.45, 2.75) is 19.0 Å². The summed E-state index contributed by atoms with van der Waals surface area (Å²) in [7, 11) is 2.01. The van der Waals surface area contributed by atoms with Gasteiger partial charge in [0.15, 0.2) is 0 Å². The first kappa shape index (κ1) is 9.25. The van der Waals surface area contributed by atoms with Crippen LogP contribution in [0.25, 0.3) is 10.9 Å². The molecule has 0 spiro atoms. The molecule has 0 fully saturated rings. The Morgan fingerprint density at radius 2 is 2.27 bits per heavy atom. The molecule has 1 aliphatic heterocycles. The summed E-state index contributed by atoms with van der Waals surface area (Å²) in [4.78, 5) is 0. The van der Waals surface area contributed by atoms with Crippen LogP contribution in [-0.4, -0.2) is 17.7 Å². The zero-order chi connectivity index (χ0) is 10.4. The van der Waals surface area contributed by atoms with Gasteiger partial charge in [0.25, 0.3) is 0 Å². The largest absolute Gasteiger partial charge is 0.346 e. The highest BCUT2D eigenvalue weighted by atomic mass is 35.5. The fourth-order valence-electron chi connectivity index (χ4n) is 2.44. The number of likely N-dealkylation sites (N-methyl/N-ethyl adjacent to an activating group) is 1. The Hall–Kier alpha value is -0.990. The predicted molar refractivity (Wildman–Crippen MR) is 63.5 cm³/mol. The maximum absolute atomic E-state index is 6.25. The second-order valence-electron chi connectivity index (χ2n) is 4.12. The van der Waals surface area contributed by atoms with Gasteiger partial charge in [0.05, 0.1) is 5.52 Å². The highest BCUT2D eigenvalue weighted by Crippen LogP contribution is 2.31. The van der Waals surface area contributed by atoms with Gasteiger partial charge < -0.3 is 9.88 Å². The molecule has 0 radical (unpaired) electrons. The summed E-state index contributed by atoms with van der Waals surface area (Å²) < 4.78 is 2.29. The lowest BCUT2D eigenvalue weighted by molar-refractivity contribution is 0.471. The lowest BCUT2D eigenvalue weighted by Gasteiger charge is -2.25. The third-order valence-electron chi connectivity index (χ3n) is 3.25. The van der Waals surface area contributed by atoms with Gasteiger partial charge in [0.2, 0.25) is 0 Å². The number of halogens is 1. The first-order chi connectivity index (χ1) is 7.29. The Bertz CT molecular complexity index is 516. The van der Waals surface area contributed by atoms with E-state index in [9.17, 15) is 0 Å². The summed E-state index contributed by atoms with van der Waals surface area (Å²) in [5.41, 5.74) is 2.60. The van der Waals surface area contributed by atoms with Crippen LogP contribution >= 0.6 is 11.6 Å². The molecular weight excluding hydrogens is 208 g/mol. The molecule has 0 saturated carbocycles. The molecule has 1 N–H and O–H groups in total. The molecule has 1 aliphatic rings. The second-order valence-corrected chi connectivity index (χ2v) is 4.53. The molecular formula is C12H13ClN2. The van der Waals surface area contributed by atoms with Crippen LogP contribution in [0.3, 0.4) is 0 Å². The summed E-state index contributed by atoms with van der Waals surface area (Å²) in [6.45, 7) is 1.04. The van der Waals surface area contributed by atoms with Gasteiger partial charge >= 0.3 is 0 Å². The average molecular weight is 221 g/mol. The molecule has 1 unspecified atom stereocenters. The smallest absolute Gasteiger partial charge is 0.0528 e. The van der Waals surface area contributed by atoms with E-state index in [-0.39, 0.29) is 0 Å². The molecule has 3 rings (SSSR count). The van der Waals surface area contributed by atoms with Crippen LogP contribution in [-0.2, 0) is 13.0 Å². The summed E-state index contributed by atoms with van der Waals surface area (Å²) in [5.74, 6) is 0. The SMILES string of the molecule is CNC1Cc2c(Cl)ccc3ccn(c23)C1. The summed E-state index contributed by atoms with van der Waals surface area (Å²) >= 11 is 6.25. The van der Waals surface area contributed by atoms with Crippen LogP contribution in [0, 0.1) is 0 Å². The van der Waals surface area contributed by atoms with E-state index in [1.54, 1.807) is 0 Å². The van der Waals surface area contributed by atoms with Crippen molar-refractivity contribution in [1.82, 2.24) is 9.88 Å². The third kappa shape index (κ3) is 1.29. The van der Waals surface area contributed by atoms with Crippen molar-refractivity contribution >= 4 is 22.5 Å². The van der Waals surface area contributed by atoms with Gasteiger partial charge in [-0.15, -0.1) is 0 Å². The van der Waals surface area contributed by atoms with Crippen LogP contribution in [0.5, 0.6) is 0 Å². The van der Waals surface area contributed by atoms with Crippen LogP contribution in [0.1, 0.15) is 5.56 Å². The minimum absolute atomic E-state index is 0.494. The zero-order valence-electron chi connectivity index (χ0n) is 8.63. The Morgan fingerprint density at radius 1 is 1.40 bits per heavy atom. The van der Waals surface area contributed by atoms with Gasteiger partial charge in [0, 0.05) is 23.8 Å². The van der Waals surface area contributed by atoms with E-state index in [0.29, 0.717) is 6.04 Å². The highest BCUT2D eigenvalue weighted by molar-refractivity contribution is 6.32. The van der Waals surface area contributed by atoms with Crippen molar-refractivity contribution in [3.63, 3.8) is 0 Å². The standard InChI is InChI=1S/C12H13ClN2/c1-14-9-6-10-11(13)3-2-8-4-5-15(7-9)12(8)10/h2-5,9,14H,6-7H2,1H3. The summed E-state index contributed by atoms with van der Waals surface area (Å²) in [5, 5.41) is 5.51. The van der Waals surface area contributed by atoms with Gasteiger partial charge in [-0.1, -0.05) is 17.7 Å². The first-order valence-corrected chi connectivity index (χ1v) is 5.61. The minimum Gasteiger partial charge on any atom is -0.346 e. The van der Waals surface area contributed by atoms with Crippen molar-refractivity contribution in [2.24, 2.45) is 0 Å². The number of hydrogen-bond acceptors (Lipinski definition) is 1. The minimum atomic E-state index is 0.494. The molecule has 3 heteroatoms. The number of benzene rings is 1. The van der Waals surface area contributed by atoms with Crippen LogP contribution in [0.4, 0.5) is 0 Å². The van der Waals surface area contributed by atoms with Crippen molar-refractivity contribution < 1.29 is 0 Å². The molecule has 78 valence electrons. The number of rotatable bonds is 1. The van der Waals surface area contributed by atoms with E-state index in [1.807, 2.05) is 13.1 Å². The molecule has 1 atom stereocenters. The maximum atomic E-state index is 6.25. The molecule has 0 amide bonds. The van der Waals surface area contributed by atoms with Crippen LogP contribution in [0.15, 0.2) is 24.4 Å². The fourth-order valence-corrected chi connectivity index (χ4v) is 2.67. The lowest BCUT2D eigenvalue weighted by atomic mass is 10.00. The van der Waals surface area contributed by atoms with Crippen molar-refractivity contribution in [1.29, 1.82) is 0 Å². The Balaban J connectivity index is 2.28. The quantitative estimate of drug-likeness (QED) is 0.781. The molecule has 15 heavy (non-hydrogen) atoms. The van der Waals surface area contributed by atoms with Gasteiger partial charge in [0.1, 0.15) is 0 Å². The highest BCUT2D eigenvalue weighted by Gasteiger charge is 2.20. The molecule has 2 nitrogen and oxygen atoms in total. The van der Waals surface area contributed by atoms with Crippen LogP contribution in [0.2, 0.25) is 5.02 Å². The molecule has 2 aromatic rings. The monoisotopic (exact) mass is 220 g/mol. The average Bonchev–Trinajstić information content (AvgIpc) is 2.67. The summed E-state index contributed by atoms with van der Waals surface area (Å²) in [6.07, 6.45) is 3.17. The zero-order valence-corrected chi connectivity index (χ0v) is 9.38. The first-order valence-electron chi connectivity index (χ1n) is 5.23. The van der Waals surface area contributed by atoms with E-state index in [2.05, 4.69) is 28.2 Å². The summed E-state index contributed by atoms with van der Waals surface area (Å²) in [6, 6.07) is 6.75. The predicted octanol–water partition coefficient (Wildman–Crippen LogP) is 2.44. The molecule has 0 saturated heterocycles. The van der Waals surface area contributed by atoms with Gasteiger partial charge in [-0.05, 0) is 36.6 Å². The Morgan fingerprint density at radius 3 is 3.07 bits per heavy atom. The molecule has 1 aromatic carbocycles. The topological polar surface area (TPSA) is 17.0 Å². The fraction of sp³-hybridized carbons (Fsp3) is 0.333. The maximum Gasteiger partial charge on any atom is 0.0528 e.